The number of halogens is 2. The molecule has 0 aliphatic heterocycles. The van der Waals surface area contributed by atoms with Gasteiger partial charge in [-0.25, -0.2) is 4.98 Å². The lowest BCUT2D eigenvalue weighted by molar-refractivity contribution is -0.123. The number of nitrogens with two attached hydrogens (primary N) is 1. The lowest BCUT2D eigenvalue weighted by atomic mass is 9.71. The maximum atomic E-state index is 12.2. The number of nitrogens with zero attached hydrogens (tertiary/aromatic N) is 1. The number of amides is 1. The van der Waals surface area contributed by atoms with E-state index < -0.39 is 0 Å². The van der Waals surface area contributed by atoms with Gasteiger partial charge in [-0.1, -0.05) is 31.4 Å². The van der Waals surface area contributed by atoms with Crippen molar-refractivity contribution in [2.24, 2.45) is 11.1 Å². The molecule has 1 aromatic carbocycles. The number of rotatable bonds is 6. The van der Waals surface area contributed by atoms with Crippen LogP contribution in [0.15, 0.2) is 24.3 Å². The number of nitrogens with one attached hydrogen (secondary N) is 2. The van der Waals surface area contributed by atoms with Crippen LogP contribution in [0.5, 0.6) is 0 Å². The summed E-state index contributed by atoms with van der Waals surface area (Å²) in [6.45, 7) is 1.23. The zero-order valence-corrected chi connectivity index (χ0v) is 16.1. The number of H-pyrrole nitrogens is 1. The van der Waals surface area contributed by atoms with E-state index in [4.69, 9.17) is 5.73 Å². The van der Waals surface area contributed by atoms with Gasteiger partial charge in [0.1, 0.15) is 5.82 Å². The minimum absolute atomic E-state index is 0. The molecule has 0 bridgehead atoms. The maximum absolute atomic E-state index is 12.2. The molecule has 5 nitrogen and oxygen atoms in total. The molecule has 1 fully saturated rings. The van der Waals surface area contributed by atoms with Crippen LogP contribution in [0.25, 0.3) is 11.0 Å². The molecule has 25 heavy (non-hydrogen) atoms. The van der Waals surface area contributed by atoms with Crippen molar-refractivity contribution in [3.8, 4) is 0 Å². The third kappa shape index (κ3) is 5.59. The molecule has 3 rings (SSSR count). The van der Waals surface area contributed by atoms with E-state index in [0.29, 0.717) is 19.5 Å². The molecule has 140 valence electrons. The fourth-order valence-electron chi connectivity index (χ4n) is 3.60. The van der Waals surface area contributed by atoms with Crippen LogP contribution in [-0.4, -0.2) is 29.0 Å². The Morgan fingerprint density at radius 1 is 1.20 bits per heavy atom. The van der Waals surface area contributed by atoms with Crippen LogP contribution in [0.3, 0.4) is 0 Å². The van der Waals surface area contributed by atoms with Gasteiger partial charge in [0.15, 0.2) is 0 Å². The monoisotopic (exact) mass is 386 g/mol. The van der Waals surface area contributed by atoms with Crippen LogP contribution in [0.4, 0.5) is 0 Å². The minimum atomic E-state index is 0. The number of hydrogen-bond donors (Lipinski definition) is 3. The van der Waals surface area contributed by atoms with E-state index in [-0.39, 0.29) is 36.1 Å². The minimum Gasteiger partial charge on any atom is -0.356 e. The first kappa shape index (κ1) is 21.7. The highest BCUT2D eigenvalue weighted by molar-refractivity contribution is 5.85. The predicted octanol–water partition coefficient (Wildman–Crippen LogP) is 3.36. The molecule has 2 aromatic rings. The van der Waals surface area contributed by atoms with Gasteiger partial charge in [-0.3, -0.25) is 4.79 Å². The summed E-state index contributed by atoms with van der Waals surface area (Å²) in [7, 11) is 0. The fraction of sp³-hybridized carbons (Fsp3) is 0.556. The summed E-state index contributed by atoms with van der Waals surface area (Å²) in [6, 6.07) is 7.97. The first-order valence-electron chi connectivity index (χ1n) is 8.61. The highest BCUT2D eigenvalue weighted by atomic mass is 35.5. The Kier molecular flexibility index (Phi) is 8.69. The maximum Gasteiger partial charge on any atom is 0.220 e. The van der Waals surface area contributed by atoms with Crippen LogP contribution in [0, 0.1) is 5.41 Å². The van der Waals surface area contributed by atoms with Gasteiger partial charge in [0.25, 0.3) is 0 Å². The predicted molar refractivity (Wildman–Crippen MR) is 106 cm³/mol. The van der Waals surface area contributed by atoms with E-state index in [2.05, 4.69) is 15.3 Å². The molecule has 1 saturated carbocycles. The molecule has 1 aliphatic rings. The van der Waals surface area contributed by atoms with Gasteiger partial charge in [-0.15, -0.1) is 24.8 Å². The SMILES string of the molecule is Cl.Cl.NCC1(CC(=O)NCCc2nc3ccccc3[nH]2)CCCCC1. The van der Waals surface area contributed by atoms with Gasteiger partial charge >= 0.3 is 0 Å². The molecule has 0 spiro atoms. The van der Waals surface area contributed by atoms with Gasteiger partial charge in [-0.05, 0) is 36.9 Å². The Hall–Kier alpha value is -1.30. The summed E-state index contributed by atoms with van der Waals surface area (Å²) in [5.41, 5.74) is 7.99. The molecule has 0 radical (unpaired) electrons. The van der Waals surface area contributed by atoms with Gasteiger partial charge in [-0.2, -0.15) is 0 Å². The molecule has 1 heterocycles. The highest BCUT2D eigenvalue weighted by Crippen LogP contribution is 2.38. The van der Waals surface area contributed by atoms with Crippen molar-refractivity contribution in [3.63, 3.8) is 0 Å². The second kappa shape index (κ2) is 10.00. The molecule has 4 N–H and O–H groups in total. The molecule has 1 aromatic heterocycles. The zero-order chi connectivity index (χ0) is 16.1. The van der Waals surface area contributed by atoms with Crippen molar-refractivity contribution in [1.29, 1.82) is 0 Å². The summed E-state index contributed by atoms with van der Waals surface area (Å²) in [6.07, 6.45) is 7.11. The zero-order valence-electron chi connectivity index (χ0n) is 14.4. The van der Waals surface area contributed by atoms with Crippen LogP contribution in [0.1, 0.15) is 44.3 Å². The Labute approximate surface area is 161 Å². The largest absolute Gasteiger partial charge is 0.356 e. The fourth-order valence-corrected chi connectivity index (χ4v) is 3.60. The van der Waals surface area contributed by atoms with Gasteiger partial charge in [0.05, 0.1) is 11.0 Å². The van der Waals surface area contributed by atoms with Crippen molar-refractivity contribution < 1.29 is 4.79 Å². The Morgan fingerprint density at radius 3 is 2.60 bits per heavy atom. The van der Waals surface area contributed by atoms with E-state index in [1.807, 2.05) is 24.3 Å². The second-order valence-corrected chi connectivity index (χ2v) is 6.74. The smallest absolute Gasteiger partial charge is 0.220 e. The van der Waals surface area contributed by atoms with E-state index in [0.717, 1.165) is 36.1 Å². The first-order valence-corrected chi connectivity index (χ1v) is 8.61. The van der Waals surface area contributed by atoms with Crippen LogP contribution in [0.2, 0.25) is 0 Å². The standard InChI is InChI=1S/C18H26N4O.2ClH/c19-13-18(9-4-1-5-10-18)12-17(23)20-11-8-16-21-14-6-2-3-7-15(14)22-16;;/h2-3,6-7H,1,4-5,8-13,19H2,(H,20,23)(H,21,22);2*1H. The third-order valence-electron chi connectivity index (χ3n) is 5.01. The molecule has 0 unspecified atom stereocenters. The summed E-state index contributed by atoms with van der Waals surface area (Å²) in [5, 5.41) is 3.03. The molecular formula is C18H28Cl2N4O. The van der Waals surface area contributed by atoms with Crippen molar-refractivity contribution in [2.45, 2.75) is 44.9 Å². The number of imidazole rings is 1. The summed E-state index contributed by atoms with van der Waals surface area (Å²) in [5.74, 6) is 1.03. The van der Waals surface area contributed by atoms with Gasteiger partial charge in [0, 0.05) is 19.4 Å². The number of benzene rings is 1. The second-order valence-electron chi connectivity index (χ2n) is 6.74. The Morgan fingerprint density at radius 2 is 1.92 bits per heavy atom. The molecule has 0 atom stereocenters. The van der Waals surface area contributed by atoms with Crippen LogP contribution in [-0.2, 0) is 11.2 Å². The van der Waals surface area contributed by atoms with Crippen molar-refractivity contribution in [2.75, 3.05) is 13.1 Å². The molecule has 0 saturated heterocycles. The van der Waals surface area contributed by atoms with E-state index in [1.165, 1.54) is 19.3 Å². The topological polar surface area (TPSA) is 83.8 Å². The number of carbonyl (C=O) groups is 1. The number of aromatic nitrogens is 2. The molecule has 1 aliphatic carbocycles. The summed E-state index contributed by atoms with van der Waals surface area (Å²) in [4.78, 5) is 20.1. The first-order chi connectivity index (χ1) is 11.2. The number of carbonyl (C=O) groups excluding carboxylic acids is 1. The lowest BCUT2D eigenvalue weighted by Crippen LogP contribution is -2.39. The Bertz CT molecular complexity index is 635. The number of hydrogen-bond acceptors (Lipinski definition) is 3. The van der Waals surface area contributed by atoms with Crippen LogP contribution < -0.4 is 11.1 Å². The quantitative estimate of drug-likeness (QED) is 0.711. The average molecular weight is 387 g/mol. The van der Waals surface area contributed by atoms with Crippen molar-refractivity contribution in [3.05, 3.63) is 30.1 Å². The summed E-state index contributed by atoms with van der Waals surface area (Å²) >= 11 is 0. The van der Waals surface area contributed by atoms with E-state index in [9.17, 15) is 4.79 Å². The van der Waals surface area contributed by atoms with E-state index in [1.54, 1.807) is 0 Å². The van der Waals surface area contributed by atoms with Gasteiger partial charge < -0.3 is 16.0 Å². The third-order valence-corrected chi connectivity index (χ3v) is 5.01. The Balaban J connectivity index is 0.00000156. The summed E-state index contributed by atoms with van der Waals surface area (Å²) < 4.78 is 0. The average Bonchev–Trinajstić information content (AvgIpc) is 2.98. The number of aromatic amines is 1. The van der Waals surface area contributed by atoms with Gasteiger partial charge in [0.2, 0.25) is 5.91 Å². The highest BCUT2D eigenvalue weighted by Gasteiger charge is 2.32. The molecule has 7 heteroatoms. The van der Waals surface area contributed by atoms with Crippen LogP contribution >= 0.6 is 24.8 Å². The number of para-hydroxylation sites is 2. The number of fused-ring (bicyclic) bond motifs is 1. The van der Waals surface area contributed by atoms with Crippen molar-refractivity contribution in [1.82, 2.24) is 15.3 Å². The van der Waals surface area contributed by atoms with Crippen molar-refractivity contribution >= 4 is 41.8 Å². The van der Waals surface area contributed by atoms with E-state index >= 15 is 0 Å². The normalized spacial score (nSPS) is 15.9. The molecular weight excluding hydrogens is 359 g/mol. The lowest BCUT2D eigenvalue weighted by Gasteiger charge is -2.35. The molecule has 1 amide bonds.